The van der Waals surface area contributed by atoms with E-state index >= 15 is 0 Å². The number of rotatable bonds is 8. The maximum Gasteiger partial charge on any atom is 0.255 e. The zero-order valence-corrected chi connectivity index (χ0v) is 17.8. The van der Waals surface area contributed by atoms with Crippen molar-refractivity contribution in [3.63, 3.8) is 0 Å². The van der Waals surface area contributed by atoms with Crippen molar-refractivity contribution in [2.75, 3.05) is 19.0 Å². The summed E-state index contributed by atoms with van der Waals surface area (Å²) in [6.45, 7) is 6.84. The summed E-state index contributed by atoms with van der Waals surface area (Å²) < 4.78 is 16.9. The molecule has 0 unspecified atom stereocenters. The van der Waals surface area contributed by atoms with E-state index in [1.165, 1.54) is 0 Å². The van der Waals surface area contributed by atoms with Gasteiger partial charge in [-0.05, 0) is 74.4 Å². The van der Waals surface area contributed by atoms with Crippen LogP contribution in [0.2, 0.25) is 0 Å². The van der Waals surface area contributed by atoms with E-state index in [4.69, 9.17) is 14.2 Å². The van der Waals surface area contributed by atoms with Gasteiger partial charge in [-0.3, -0.25) is 4.79 Å². The minimum absolute atomic E-state index is 0.209. The molecule has 5 nitrogen and oxygen atoms in total. The minimum Gasteiger partial charge on any atom is -0.497 e. The fourth-order valence-corrected chi connectivity index (χ4v) is 3.21. The molecule has 5 heteroatoms. The molecule has 0 fully saturated rings. The van der Waals surface area contributed by atoms with E-state index in [2.05, 4.69) is 11.4 Å². The van der Waals surface area contributed by atoms with Gasteiger partial charge in [-0.15, -0.1) is 0 Å². The molecule has 0 bridgehead atoms. The second-order valence-corrected chi connectivity index (χ2v) is 7.05. The number of carbonyl (C=O) groups is 1. The summed E-state index contributed by atoms with van der Waals surface area (Å²) in [5.41, 5.74) is 4.29. The fraction of sp³-hybridized carbons (Fsp3) is 0.240. The molecular weight excluding hydrogens is 378 g/mol. The Morgan fingerprint density at radius 2 is 1.67 bits per heavy atom. The van der Waals surface area contributed by atoms with Gasteiger partial charge in [-0.1, -0.05) is 12.1 Å². The van der Waals surface area contributed by atoms with Gasteiger partial charge in [0.2, 0.25) is 0 Å². The maximum atomic E-state index is 12.8. The molecule has 156 valence electrons. The number of ether oxygens (including phenoxy) is 3. The van der Waals surface area contributed by atoms with Crippen molar-refractivity contribution < 1.29 is 19.0 Å². The zero-order chi connectivity index (χ0) is 21.5. The van der Waals surface area contributed by atoms with Crippen LogP contribution >= 0.6 is 0 Å². The number of benzene rings is 3. The summed E-state index contributed by atoms with van der Waals surface area (Å²) >= 11 is 0. The lowest BCUT2D eigenvalue weighted by Crippen LogP contribution is -2.13. The van der Waals surface area contributed by atoms with Crippen LogP contribution in [-0.2, 0) is 6.61 Å². The first-order valence-electron chi connectivity index (χ1n) is 9.90. The van der Waals surface area contributed by atoms with Gasteiger partial charge >= 0.3 is 0 Å². The van der Waals surface area contributed by atoms with Crippen molar-refractivity contribution in [2.45, 2.75) is 27.4 Å². The highest BCUT2D eigenvalue weighted by atomic mass is 16.5. The Balaban J connectivity index is 1.79. The molecule has 3 aromatic rings. The monoisotopic (exact) mass is 405 g/mol. The Bertz CT molecular complexity index is 1010. The van der Waals surface area contributed by atoms with Crippen molar-refractivity contribution in [1.82, 2.24) is 0 Å². The van der Waals surface area contributed by atoms with Gasteiger partial charge in [0.1, 0.15) is 23.9 Å². The lowest BCUT2D eigenvalue weighted by Gasteiger charge is -2.14. The van der Waals surface area contributed by atoms with Crippen LogP contribution in [0.1, 0.15) is 34.0 Å². The first kappa shape index (κ1) is 21.2. The minimum atomic E-state index is -0.209. The Morgan fingerprint density at radius 1 is 0.900 bits per heavy atom. The molecule has 1 N–H and O–H groups in total. The molecule has 1 amide bonds. The van der Waals surface area contributed by atoms with Crippen molar-refractivity contribution in [2.24, 2.45) is 0 Å². The van der Waals surface area contributed by atoms with Crippen molar-refractivity contribution in [1.29, 1.82) is 0 Å². The summed E-state index contributed by atoms with van der Waals surface area (Å²) in [7, 11) is 1.59. The number of anilines is 1. The van der Waals surface area contributed by atoms with Gasteiger partial charge in [0, 0.05) is 22.9 Å². The van der Waals surface area contributed by atoms with Gasteiger partial charge < -0.3 is 19.5 Å². The normalized spacial score (nSPS) is 10.4. The second-order valence-electron chi connectivity index (χ2n) is 7.05. The molecule has 0 saturated carbocycles. The molecule has 3 rings (SSSR count). The highest BCUT2D eigenvalue weighted by Crippen LogP contribution is 2.25. The zero-order valence-electron chi connectivity index (χ0n) is 17.8. The number of amides is 1. The Hall–Kier alpha value is -3.47. The molecular formula is C25H27NO4. The first-order valence-corrected chi connectivity index (χ1v) is 9.90. The predicted octanol–water partition coefficient (Wildman–Crippen LogP) is 5.54. The predicted molar refractivity (Wildman–Crippen MR) is 119 cm³/mol. The summed E-state index contributed by atoms with van der Waals surface area (Å²) in [4.78, 5) is 12.8. The molecule has 0 atom stereocenters. The topological polar surface area (TPSA) is 56.8 Å². The van der Waals surface area contributed by atoms with E-state index < -0.39 is 0 Å². The fourth-order valence-electron chi connectivity index (χ4n) is 3.21. The Labute approximate surface area is 177 Å². The van der Waals surface area contributed by atoms with E-state index in [9.17, 15) is 4.79 Å². The second kappa shape index (κ2) is 9.83. The van der Waals surface area contributed by atoms with Crippen LogP contribution < -0.4 is 19.5 Å². The molecule has 0 aromatic heterocycles. The summed E-state index contributed by atoms with van der Waals surface area (Å²) in [6, 6.07) is 18.7. The smallest absolute Gasteiger partial charge is 0.255 e. The standard InChI is InChI=1S/C25H27NO4/c1-5-29-24-10-9-19(25(27)26-21-7-6-8-22(15-21)28-4)14-20(24)16-30-23-12-17(2)11-18(3)13-23/h6-15H,5,16H2,1-4H3,(H,26,27). The number of carbonyl (C=O) groups excluding carboxylic acids is 1. The van der Waals surface area contributed by atoms with Gasteiger partial charge in [-0.25, -0.2) is 0 Å². The van der Waals surface area contributed by atoms with E-state index in [1.807, 2.05) is 63.2 Å². The molecule has 3 aromatic carbocycles. The van der Waals surface area contributed by atoms with Crippen molar-refractivity contribution in [3.8, 4) is 17.2 Å². The van der Waals surface area contributed by atoms with Crippen LogP contribution in [0, 0.1) is 13.8 Å². The lowest BCUT2D eigenvalue weighted by atomic mass is 10.1. The average molecular weight is 405 g/mol. The van der Waals surface area contributed by atoms with Crippen LogP contribution in [0.3, 0.4) is 0 Å². The number of hydrogen-bond donors (Lipinski definition) is 1. The highest BCUT2D eigenvalue weighted by Gasteiger charge is 2.12. The number of nitrogens with one attached hydrogen (secondary N) is 1. The molecule has 0 saturated heterocycles. The van der Waals surface area contributed by atoms with E-state index in [0.717, 1.165) is 22.4 Å². The van der Waals surface area contributed by atoms with Crippen LogP contribution in [0.5, 0.6) is 17.2 Å². The van der Waals surface area contributed by atoms with Gasteiger partial charge in [-0.2, -0.15) is 0 Å². The summed E-state index contributed by atoms with van der Waals surface area (Å²) in [5.74, 6) is 1.97. The van der Waals surface area contributed by atoms with Gasteiger partial charge in [0.05, 0.1) is 13.7 Å². The van der Waals surface area contributed by atoms with Crippen molar-refractivity contribution in [3.05, 3.63) is 82.9 Å². The van der Waals surface area contributed by atoms with Gasteiger partial charge in [0.25, 0.3) is 5.91 Å². The van der Waals surface area contributed by atoms with Crippen LogP contribution in [-0.4, -0.2) is 19.6 Å². The first-order chi connectivity index (χ1) is 14.5. The SMILES string of the molecule is CCOc1ccc(C(=O)Nc2cccc(OC)c2)cc1COc1cc(C)cc(C)c1. The van der Waals surface area contributed by atoms with Crippen molar-refractivity contribution >= 4 is 11.6 Å². The molecule has 0 radical (unpaired) electrons. The lowest BCUT2D eigenvalue weighted by molar-refractivity contribution is 0.102. The average Bonchev–Trinajstić information content (AvgIpc) is 2.72. The van der Waals surface area contributed by atoms with Gasteiger partial charge in [0.15, 0.2) is 0 Å². The van der Waals surface area contributed by atoms with E-state index in [0.29, 0.717) is 36.0 Å². The molecule has 30 heavy (non-hydrogen) atoms. The Morgan fingerprint density at radius 3 is 2.37 bits per heavy atom. The highest BCUT2D eigenvalue weighted by molar-refractivity contribution is 6.04. The van der Waals surface area contributed by atoms with Crippen LogP contribution in [0.25, 0.3) is 0 Å². The quantitative estimate of drug-likeness (QED) is 0.534. The van der Waals surface area contributed by atoms with Crippen LogP contribution in [0.15, 0.2) is 60.7 Å². The maximum absolute atomic E-state index is 12.8. The third-order valence-electron chi connectivity index (χ3n) is 4.54. The Kier molecular flexibility index (Phi) is 6.96. The number of aryl methyl sites for hydroxylation is 2. The molecule has 0 aliphatic rings. The third kappa shape index (κ3) is 5.54. The molecule has 0 spiro atoms. The van der Waals surface area contributed by atoms with E-state index in [-0.39, 0.29) is 5.91 Å². The largest absolute Gasteiger partial charge is 0.497 e. The molecule has 0 aliphatic heterocycles. The summed E-state index contributed by atoms with van der Waals surface area (Å²) in [5, 5.41) is 2.90. The van der Waals surface area contributed by atoms with Crippen LogP contribution in [0.4, 0.5) is 5.69 Å². The summed E-state index contributed by atoms with van der Waals surface area (Å²) in [6.07, 6.45) is 0. The van der Waals surface area contributed by atoms with E-state index in [1.54, 1.807) is 19.2 Å². The molecule has 0 heterocycles. The number of hydrogen-bond acceptors (Lipinski definition) is 4. The number of methoxy groups -OCH3 is 1. The molecule has 0 aliphatic carbocycles. The third-order valence-corrected chi connectivity index (χ3v) is 4.54.